The number of hydrogen-bond donors (Lipinski definition) is 0. The average Bonchev–Trinajstić information content (AvgIpc) is 2.88. The van der Waals surface area contributed by atoms with E-state index in [0.29, 0.717) is 28.0 Å². The zero-order chi connectivity index (χ0) is 20.8. The molecule has 146 valence electrons. The molecule has 1 aromatic heterocycles. The number of rotatable bonds is 5. The Kier molecular flexibility index (Phi) is 6.99. The van der Waals surface area contributed by atoms with Crippen LogP contribution in [-0.2, 0) is 0 Å². The van der Waals surface area contributed by atoms with Crippen molar-refractivity contribution in [1.29, 1.82) is 0 Å². The lowest BCUT2D eigenvalue weighted by Gasteiger charge is -2.12. The van der Waals surface area contributed by atoms with E-state index in [-0.39, 0.29) is 5.82 Å². The number of aliphatic imine (C=N–C) groups is 1. The highest BCUT2D eigenvalue weighted by molar-refractivity contribution is 7.98. The Morgan fingerprint density at radius 1 is 1.28 bits per heavy atom. The van der Waals surface area contributed by atoms with E-state index < -0.39 is 0 Å². The van der Waals surface area contributed by atoms with Gasteiger partial charge in [0.1, 0.15) is 5.82 Å². The lowest BCUT2D eigenvalue weighted by molar-refractivity contribution is 0.627. The molecular formula is C23H19ClFN3S. The molecule has 1 aromatic carbocycles. The first-order valence-electron chi connectivity index (χ1n) is 8.85. The van der Waals surface area contributed by atoms with Crippen molar-refractivity contribution in [3.05, 3.63) is 94.7 Å². The minimum Gasteiger partial charge on any atom is -0.247 e. The SMILES string of the molecule is C=C=CC1=NC(c2ccc(F)cc2)=C(c2ccnc(SC)n2)CC(/C=C(\C)Cl)=C1. The van der Waals surface area contributed by atoms with Gasteiger partial charge in [0.2, 0.25) is 0 Å². The van der Waals surface area contributed by atoms with E-state index in [1.165, 1.54) is 23.9 Å². The number of halogens is 2. The van der Waals surface area contributed by atoms with Gasteiger partial charge in [-0.1, -0.05) is 29.9 Å². The Bertz CT molecular complexity index is 1090. The van der Waals surface area contributed by atoms with E-state index in [2.05, 4.69) is 22.3 Å². The second-order valence-corrected chi connectivity index (χ2v) is 7.64. The first-order chi connectivity index (χ1) is 14.0. The molecule has 2 aromatic rings. The van der Waals surface area contributed by atoms with Gasteiger partial charge in [0.15, 0.2) is 5.16 Å². The number of allylic oxidation sites excluding steroid dienone is 6. The van der Waals surface area contributed by atoms with Crippen LogP contribution in [0, 0.1) is 5.82 Å². The Morgan fingerprint density at radius 2 is 2.03 bits per heavy atom. The minimum absolute atomic E-state index is 0.300. The number of benzene rings is 1. The lowest BCUT2D eigenvalue weighted by Crippen LogP contribution is -1.97. The van der Waals surface area contributed by atoms with Crippen molar-refractivity contribution in [2.45, 2.75) is 18.5 Å². The highest BCUT2D eigenvalue weighted by atomic mass is 35.5. The molecule has 0 saturated carbocycles. The monoisotopic (exact) mass is 423 g/mol. The van der Waals surface area contributed by atoms with Gasteiger partial charge in [0.05, 0.1) is 17.1 Å². The van der Waals surface area contributed by atoms with Crippen LogP contribution in [0.1, 0.15) is 24.6 Å². The van der Waals surface area contributed by atoms with Gasteiger partial charge >= 0.3 is 0 Å². The predicted octanol–water partition coefficient (Wildman–Crippen LogP) is 6.46. The summed E-state index contributed by atoms with van der Waals surface area (Å²) in [6, 6.07) is 8.14. The molecule has 1 aliphatic rings. The van der Waals surface area contributed by atoms with E-state index >= 15 is 0 Å². The molecule has 3 rings (SSSR count). The molecule has 0 fully saturated rings. The third kappa shape index (κ3) is 5.42. The fraction of sp³-hybridized carbons (Fsp3) is 0.130. The Hall–Kier alpha value is -2.72. The summed E-state index contributed by atoms with van der Waals surface area (Å²) in [7, 11) is 0. The predicted molar refractivity (Wildman–Crippen MR) is 120 cm³/mol. The van der Waals surface area contributed by atoms with Crippen molar-refractivity contribution in [2.75, 3.05) is 6.26 Å². The summed E-state index contributed by atoms with van der Waals surface area (Å²) in [5.74, 6) is -0.300. The third-order valence-electron chi connectivity index (χ3n) is 4.12. The molecule has 0 unspecified atom stereocenters. The smallest absolute Gasteiger partial charge is 0.187 e. The van der Waals surface area contributed by atoms with Crippen LogP contribution in [0.25, 0.3) is 11.3 Å². The van der Waals surface area contributed by atoms with Crippen LogP contribution in [-0.4, -0.2) is 21.9 Å². The fourth-order valence-electron chi connectivity index (χ4n) is 2.95. The van der Waals surface area contributed by atoms with Crippen molar-refractivity contribution < 1.29 is 4.39 Å². The summed E-state index contributed by atoms with van der Waals surface area (Å²) < 4.78 is 13.5. The molecule has 0 N–H and O–H groups in total. The van der Waals surface area contributed by atoms with Crippen LogP contribution < -0.4 is 0 Å². The molecule has 2 heterocycles. The molecular weight excluding hydrogens is 405 g/mol. The van der Waals surface area contributed by atoms with Gasteiger partial charge in [0.25, 0.3) is 0 Å². The highest BCUT2D eigenvalue weighted by Gasteiger charge is 2.18. The maximum Gasteiger partial charge on any atom is 0.187 e. The summed E-state index contributed by atoms with van der Waals surface area (Å²) >= 11 is 7.63. The number of aromatic nitrogens is 2. The van der Waals surface area contributed by atoms with Crippen molar-refractivity contribution in [3.63, 3.8) is 0 Å². The second kappa shape index (κ2) is 9.66. The maximum absolute atomic E-state index is 13.5. The standard InChI is InChI=1S/C23H19ClFN3S/c1-4-5-19-13-16(12-15(2)24)14-20(21-10-11-26-23(28-21)29-3)22(27-19)17-6-8-18(25)9-7-17/h5-13H,1,14H2,2-3H3/b15-12+. The topological polar surface area (TPSA) is 38.1 Å². The van der Waals surface area contributed by atoms with Gasteiger partial charge in [-0.2, -0.15) is 0 Å². The number of nitrogens with zero attached hydrogens (tertiary/aromatic N) is 3. The first kappa shape index (κ1) is 21.0. The summed E-state index contributed by atoms with van der Waals surface area (Å²) in [5.41, 5.74) is 7.60. The van der Waals surface area contributed by atoms with Gasteiger partial charge in [0, 0.05) is 34.9 Å². The zero-order valence-electron chi connectivity index (χ0n) is 16.1. The third-order valence-corrected chi connectivity index (χ3v) is 4.79. The van der Waals surface area contributed by atoms with E-state index in [4.69, 9.17) is 16.6 Å². The summed E-state index contributed by atoms with van der Waals surface area (Å²) in [6.45, 7) is 5.49. The van der Waals surface area contributed by atoms with E-state index in [1.54, 1.807) is 24.4 Å². The minimum atomic E-state index is -0.300. The van der Waals surface area contributed by atoms with Crippen molar-refractivity contribution in [2.24, 2.45) is 4.99 Å². The van der Waals surface area contributed by atoms with E-state index in [9.17, 15) is 4.39 Å². The van der Waals surface area contributed by atoms with E-state index in [0.717, 1.165) is 22.4 Å². The number of thioether (sulfide) groups is 1. The van der Waals surface area contributed by atoms with Crippen LogP contribution in [0.3, 0.4) is 0 Å². The Balaban J connectivity index is 2.29. The van der Waals surface area contributed by atoms with Gasteiger partial charge in [-0.05, 0) is 61.2 Å². The van der Waals surface area contributed by atoms with Crippen molar-refractivity contribution >= 4 is 40.3 Å². The van der Waals surface area contributed by atoms with E-state index in [1.807, 2.05) is 31.4 Å². The summed E-state index contributed by atoms with van der Waals surface area (Å²) in [5, 5.41) is 1.33. The maximum atomic E-state index is 13.5. The quantitative estimate of drug-likeness (QED) is 0.314. The van der Waals surface area contributed by atoms with Crippen LogP contribution >= 0.6 is 23.4 Å². The fourth-order valence-corrected chi connectivity index (χ4v) is 3.45. The van der Waals surface area contributed by atoms with Gasteiger partial charge in [-0.15, -0.1) is 5.73 Å². The van der Waals surface area contributed by atoms with Crippen LogP contribution in [0.15, 0.2) is 87.8 Å². The molecule has 0 aliphatic carbocycles. The van der Waals surface area contributed by atoms with Gasteiger partial charge in [-0.25, -0.2) is 19.4 Å². The molecule has 0 bridgehead atoms. The largest absolute Gasteiger partial charge is 0.247 e. The second-order valence-electron chi connectivity index (χ2n) is 6.27. The van der Waals surface area contributed by atoms with Crippen molar-refractivity contribution in [3.8, 4) is 0 Å². The molecule has 0 radical (unpaired) electrons. The normalized spacial score (nSPS) is 14.7. The molecule has 0 atom stereocenters. The van der Waals surface area contributed by atoms with Gasteiger partial charge < -0.3 is 0 Å². The van der Waals surface area contributed by atoms with Crippen LogP contribution in [0.2, 0.25) is 0 Å². The molecule has 6 heteroatoms. The van der Waals surface area contributed by atoms with Crippen molar-refractivity contribution in [1.82, 2.24) is 9.97 Å². The molecule has 0 spiro atoms. The zero-order valence-corrected chi connectivity index (χ0v) is 17.7. The van der Waals surface area contributed by atoms with Crippen LogP contribution in [0.5, 0.6) is 0 Å². The lowest BCUT2D eigenvalue weighted by atomic mass is 9.97. The molecule has 29 heavy (non-hydrogen) atoms. The van der Waals surface area contributed by atoms with Crippen LogP contribution in [0.4, 0.5) is 4.39 Å². The first-order valence-corrected chi connectivity index (χ1v) is 10.5. The van der Waals surface area contributed by atoms with Gasteiger partial charge in [-0.3, -0.25) is 0 Å². The molecule has 1 aliphatic heterocycles. The molecule has 0 amide bonds. The Labute approximate surface area is 179 Å². The summed E-state index contributed by atoms with van der Waals surface area (Å²) in [6.07, 6.45) is 9.76. The molecule has 3 nitrogen and oxygen atoms in total. The summed E-state index contributed by atoms with van der Waals surface area (Å²) in [4.78, 5) is 13.8. The molecule has 0 saturated heterocycles. The number of hydrogen-bond acceptors (Lipinski definition) is 4. The average molecular weight is 424 g/mol. The highest BCUT2D eigenvalue weighted by Crippen LogP contribution is 2.35. The Morgan fingerprint density at radius 3 is 2.69 bits per heavy atom.